The Hall–Kier alpha value is -4.66. The molecule has 2 fully saturated rings. The van der Waals surface area contributed by atoms with Crippen molar-refractivity contribution in [3.8, 4) is 5.75 Å². The van der Waals surface area contributed by atoms with Crippen LogP contribution in [0.15, 0.2) is 24.4 Å². The molecule has 3 N–H and O–H groups in total. The van der Waals surface area contributed by atoms with Gasteiger partial charge in [-0.05, 0) is 84.4 Å². The summed E-state index contributed by atoms with van der Waals surface area (Å²) in [5.74, 6) is 0.903. The first-order valence-corrected chi connectivity index (χ1v) is 18.7. The number of rotatable bonds is 12. The molecular formula is C38H56N8O7. The maximum atomic E-state index is 13.4. The molecule has 1 saturated carbocycles. The van der Waals surface area contributed by atoms with Crippen molar-refractivity contribution in [2.24, 2.45) is 0 Å². The normalized spacial score (nSPS) is 19.6. The first kappa shape index (κ1) is 39.5. The topological polar surface area (TPSA) is 168 Å². The molecule has 1 aromatic heterocycles. The molecule has 2 atom stereocenters. The van der Waals surface area contributed by atoms with E-state index in [1.54, 1.807) is 71.1 Å². The highest BCUT2D eigenvalue weighted by atomic mass is 16.6. The van der Waals surface area contributed by atoms with E-state index in [9.17, 15) is 19.2 Å². The summed E-state index contributed by atoms with van der Waals surface area (Å²) >= 11 is 0. The average molecular weight is 737 g/mol. The minimum atomic E-state index is -1.25. The zero-order chi connectivity index (χ0) is 38.5. The summed E-state index contributed by atoms with van der Waals surface area (Å²) in [7, 11) is 4.62. The maximum Gasteiger partial charge on any atom is 0.408 e. The number of methoxy groups -OCH3 is 2. The van der Waals surface area contributed by atoms with E-state index in [1.807, 2.05) is 6.92 Å². The van der Waals surface area contributed by atoms with Crippen molar-refractivity contribution >= 4 is 47.0 Å². The van der Waals surface area contributed by atoms with Crippen molar-refractivity contribution in [2.45, 2.75) is 115 Å². The maximum absolute atomic E-state index is 13.4. The van der Waals surface area contributed by atoms with Crippen molar-refractivity contribution in [2.75, 3.05) is 56.0 Å². The Morgan fingerprint density at radius 1 is 1.02 bits per heavy atom. The third kappa shape index (κ3) is 9.29. The van der Waals surface area contributed by atoms with Gasteiger partial charge in [-0.25, -0.2) is 14.6 Å². The smallest absolute Gasteiger partial charge is 0.408 e. The van der Waals surface area contributed by atoms with Crippen LogP contribution in [-0.4, -0.2) is 109 Å². The van der Waals surface area contributed by atoms with Gasteiger partial charge < -0.3 is 44.9 Å². The van der Waals surface area contributed by atoms with Crippen LogP contribution < -0.4 is 30.5 Å². The molecule has 2 aliphatic heterocycles. The summed E-state index contributed by atoms with van der Waals surface area (Å²) in [5.41, 5.74) is -0.193. The number of likely N-dealkylation sites (N-methyl/N-ethyl adjacent to an activating group) is 1. The molecule has 0 unspecified atom stereocenters. The lowest BCUT2D eigenvalue weighted by molar-refractivity contribution is -0.148. The number of nitrogens with zero attached hydrogens (tertiary/aromatic N) is 5. The lowest BCUT2D eigenvalue weighted by atomic mass is 9.96. The lowest BCUT2D eigenvalue weighted by Crippen LogP contribution is -2.55. The number of hydrogen-bond acceptors (Lipinski definition) is 12. The van der Waals surface area contributed by atoms with E-state index in [0.717, 1.165) is 44.3 Å². The van der Waals surface area contributed by atoms with Crippen molar-refractivity contribution in [1.82, 2.24) is 25.5 Å². The SMILES string of the molecule is CC[C@@H]1C(=O)N(C)c2cnc(Nc3ccc(C(=O)NC4CCN(CC[C@@](C)(NC(=O)OC(C)(C)C)C(=O)OC)CC4)cc3OC)nc2N1C1CCCC1. The van der Waals surface area contributed by atoms with Crippen molar-refractivity contribution in [1.29, 1.82) is 0 Å². The van der Waals surface area contributed by atoms with Crippen LogP contribution in [0.25, 0.3) is 0 Å². The van der Waals surface area contributed by atoms with Crippen LogP contribution in [0.1, 0.15) is 96.3 Å². The molecule has 1 saturated heterocycles. The van der Waals surface area contributed by atoms with E-state index in [-0.39, 0.29) is 29.9 Å². The number of fused-ring (bicyclic) bond motifs is 1. The highest BCUT2D eigenvalue weighted by Gasteiger charge is 2.41. The monoisotopic (exact) mass is 736 g/mol. The van der Waals surface area contributed by atoms with Crippen LogP contribution in [-0.2, 0) is 19.1 Å². The molecule has 2 aromatic rings. The molecule has 15 heteroatoms. The third-order valence-corrected chi connectivity index (χ3v) is 10.4. The first-order chi connectivity index (χ1) is 25.2. The molecular weight excluding hydrogens is 680 g/mol. The second-order valence-electron chi connectivity index (χ2n) is 15.4. The molecule has 53 heavy (non-hydrogen) atoms. The number of piperidine rings is 1. The van der Waals surface area contributed by atoms with E-state index in [2.05, 4.69) is 30.7 Å². The number of esters is 1. The Balaban J connectivity index is 1.19. The standard InChI is InChI=1S/C38H56N8O7/c1-9-28-33(48)44(6)29-23-39-35(42-31(29)46(28)26-12-10-11-13-26)41-27-15-14-24(22-30(27)51-7)32(47)40-25-16-19-45(20-17-25)21-18-38(5,34(49)52-8)43-36(50)53-37(2,3)4/h14-15,22-23,25-26,28H,9-13,16-21H2,1-8H3,(H,40,47)(H,43,50)(H,39,41,42)/t28-,38-/m1/s1. The largest absolute Gasteiger partial charge is 0.495 e. The fourth-order valence-electron chi connectivity index (χ4n) is 7.42. The number of nitrogens with one attached hydrogen (secondary N) is 3. The van der Waals surface area contributed by atoms with Gasteiger partial charge in [0.2, 0.25) is 11.9 Å². The summed E-state index contributed by atoms with van der Waals surface area (Å²) in [4.78, 5) is 67.3. The van der Waals surface area contributed by atoms with Gasteiger partial charge in [0.15, 0.2) is 5.82 Å². The second kappa shape index (κ2) is 16.6. The Kier molecular flexibility index (Phi) is 12.4. The number of likely N-dealkylation sites (tertiary alicyclic amines) is 1. The van der Waals surface area contributed by atoms with E-state index < -0.39 is 23.2 Å². The van der Waals surface area contributed by atoms with Crippen LogP contribution in [0.4, 0.5) is 27.9 Å². The fraction of sp³-hybridized carbons (Fsp3) is 0.632. The zero-order valence-corrected chi connectivity index (χ0v) is 32.4. The summed E-state index contributed by atoms with van der Waals surface area (Å²) in [6, 6.07) is 5.17. The van der Waals surface area contributed by atoms with Gasteiger partial charge in [0.1, 0.15) is 28.6 Å². The van der Waals surface area contributed by atoms with E-state index >= 15 is 0 Å². The summed E-state index contributed by atoms with van der Waals surface area (Å²) in [6.07, 6.45) is 7.82. The predicted molar refractivity (Wildman–Crippen MR) is 202 cm³/mol. The molecule has 0 spiro atoms. The van der Waals surface area contributed by atoms with Crippen molar-refractivity contribution in [3.63, 3.8) is 0 Å². The van der Waals surface area contributed by atoms with Crippen LogP contribution in [0.5, 0.6) is 5.75 Å². The van der Waals surface area contributed by atoms with Crippen molar-refractivity contribution in [3.05, 3.63) is 30.0 Å². The van der Waals surface area contributed by atoms with Crippen LogP contribution in [0.3, 0.4) is 0 Å². The third-order valence-electron chi connectivity index (χ3n) is 10.4. The lowest BCUT2D eigenvalue weighted by Gasteiger charge is -2.43. The first-order valence-electron chi connectivity index (χ1n) is 18.7. The Morgan fingerprint density at radius 2 is 1.72 bits per heavy atom. The van der Waals surface area contributed by atoms with Gasteiger partial charge in [-0.1, -0.05) is 19.8 Å². The average Bonchev–Trinajstić information content (AvgIpc) is 3.66. The molecule has 0 radical (unpaired) electrons. The van der Waals surface area contributed by atoms with Gasteiger partial charge in [0.05, 0.1) is 26.1 Å². The number of alkyl carbamates (subject to hydrolysis) is 1. The summed E-state index contributed by atoms with van der Waals surface area (Å²) in [5, 5.41) is 9.13. The number of carbonyl (C=O) groups is 4. The van der Waals surface area contributed by atoms with Crippen LogP contribution in [0, 0.1) is 0 Å². The Bertz CT molecular complexity index is 1650. The molecule has 0 bridgehead atoms. The minimum absolute atomic E-state index is 0.0295. The summed E-state index contributed by atoms with van der Waals surface area (Å²) in [6.45, 7) is 10.9. The van der Waals surface area contributed by atoms with Crippen LogP contribution in [0.2, 0.25) is 0 Å². The highest BCUT2D eigenvalue weighted by Crippen LogP contribution is 2.40. The minimum Gasteiger partial charge on any atom is -0.495 e. The number of carbonyl (C=O) groups excluding carboxylic acids is 4. The number of benzene rings is 1. The molecule has 3 heterocycles. The zero-order valence-electron chi connectivity index (χ0n) is 32.4. The molecule has 1 aromatic carbocycles. The Morgan fingerprint density at radius 3 is 2.34 bits per heavy atom. The predicted octanol–water partition coefficient (Wildman–Crippen LogP) is 4.77. The number of hydrogen-bond donors (Lipinski definition) is 3. The van der Waals surface area contributed by atoms with E-state index in [4.69, 9.17) is 19.2 Å². The second-order valence-corrected chi connectivity index (χ2v) is 15.4. The van der Waals surface area contributed by atoms with Crippen molar-refractivity contribution < 1.29 is 33.4 Å². The van der Waals surface area contributed by atoms with E-state index in [0.29, 0.717) is 61.1 Å². The van der Waals surface area contributed by atoms with E-state index in [1.165, 1.54) is 7.11 Å². The highest BCUT2D eigenvalue weighted by molar-refractivity contribution is 6.04. The number of amides is 3. The quantitative estimate of drug-likeness (QED) is 0.256. The number of ether oxygens (including phenoxy) is 3. The Labute approximate surface area is 312 Å². The fourth-order valence-corrected chi connectivity index (χ4v) is 7.42. The molecule has 3 aliphatic rings. The van der Waals surface area contributed by atoms with Gasteiger partial charge in [0, 0.05) is 44.3 Å². The van der Waals surface area contributed by atoms with Gasteiger partial charge >= 0.3 is 12.1 Å². The molecule has 1 aliphatic carbocycles. The molecule has 3 amide bonds. The van der Waals surface area contributed by atoms with Gasteiger partial charge in [-0.15, -0.1) is 0 Å². The molecule has 5 rings (SSSR count). The number of anilines is 4. The molecule has 290 valence electrons. The van der Waals surface area contributed by atoms with Gasteiger partial charge in [0.25, 0.3) is 5.91 Å². The molecule has 15 nitrogen and oxygen atoms in total. The van der Waals surface area contributed by atoms with Crippen LogP contribution >= 0.6 is 0 Å². The van der Waals surface area contributed by atoms with Gasteiger partial charge in [-0.2, -0.15) is 4.98 Å². The summed E-state index contributed by atoms with van der Waals surface area (Å²) < 4.78 is 16.0. The number of aromatic nitrogens is 2. The van der Waals surface area contributed by atoms with Gasteiger partial charge in [-0.3, -0.25) is 9.59 Å².